The molecule has 0 bridgehead atoms. The number of fused-ring (bicyclic) bond motifs is 3. The van der Waals surface area contributed by atoms with Gasteiger partial charge in [0.25, 0.3) is 0 Å². The Bertz CT molecular complexity index is 1870. The van der Waals surface area contributed by atoms with Crippen molar-refractivity contribution in [2.45, 2.75) is 99.3 Å². The molecule has 0 N–H and O–H groups in total. The maximum Gasteiger partial charge on any atom is -1.00 e. The summed E-state index contributed by atoms with van der Waals surface area (Å²) in [5.41, 5.74) is 7.29. The SMILES string of the molecule is CC(C)(C)c1ccc2c(c1)[cH-]c1cc(C(C)(C)C)ccc12.CCCCC1[C-]=CC(C(C)(C)C)=C1.Clc1cccc([C](=[Zr+2])c2cccc(Cl)c2)c1.[Cl-].[Cl-]. The van der Waals surface area contributed by atoms with Gasteiger partial charge in [0.2, 0.25) is 0 Å². The molecule has 5 heteroatoms. The Kier molecular flexibility index (Phi) is 17.5. The van der Waals surface area contributed by atoms with Crippen molar-refractivity contribution in [2.75, 3.05) is 0 Å². The van der Waals surface area contributed by atoms with Crippen LogP contribution in [-0.4, -0.2) is 3.21 Å². The summed E-state index contributed by atoms with van der Waals surface area (Å²) in [6.45, 7) is 22.7. The molecule has 1 aliphatic rings. The zero-order valence-electron chi connectivity index (χ0n) is 32.5. The van der Waals surface area contributed by atoms with Crippen LogP contribution in [0.25, 0.3) is 21.5 Å². The second kappa shape index (κ2) is 19.6. The minimum absolute atomic E-state index is 0. The van der Waals surface area contributed by atoms with Crippen molar-refractivity contribution >= 4 is 48.0 Å². The van der Waals surface area contributed by atoms with E-state index < -0.39 is 0 Å². The molecule has 0 saturated heterocycles. The predicted molar refractivity (Wildman–Crippen MR) is 219 cm³/mol. The van der Waals surface area contributed by atoms with Gasteiger partial charge in [-0.05, 0) is 10.8 Å². The van der Waals surface area contributed by atoms with Crippen molar-refractivity contribution in [3.05, 3.63) is 147 Å². The molecule has 0 saturated carbocycles. The average Bonchev–Trinajstić information content (AvgIpc) is 3.68. The van der Waals surface area contributed by atoms with Crippen LogP contribution in [0, 0.1) is 17.4 Å². The summed E-state index contributed by atoms with van der Waals surface area (Å²) in [7, 11) is 0. The predicted octanol–water partition coefficient (Wildman–Crippen LogP) is 8.56. The summed E-state index contributed by atoms with van der Waals surface area (Å²) in [6.07, 6.45) is 11.9. The van der Waals surface area contributed by atoms with Crippen LogP contribution in [0.3, 0.4) is 0 Å². The number of hydrogen-bond donors (Lipinski definition) is 0. The number of hydrogen-bond acceptors (Lipinski definition) is 0. The fourth-order valence-corrected chi connectivity index (χ4v) is 7.12. The van der Waals surface area contributed by atoms with Gasteiger partial charge >= 0.3 is 120 Å². The Morgan fingerprint density at radius 1 is 0.673 bits per heavy atom. The zero-order chi connectivity index (χ0) is 36.9. The van der Waals surface area contributed by atoms with Crippen molar-refractivity contribution in [2.24, 2.45) is 11.3 Å². The van der Waals surface area contributed by atoms with E-state index in [2.05, 4.69) is 142 Å². The molecule has 0 amide bonds. The summed E-state index contributed by atoms with van der Waals surface area (Å²) in [5.74, 6) is 0.592. The number of rotatable bonds is 5. The third-order valence-corrected chi connectivity index (χ3v) is 11.1. The molecule has 1 atom stereocenters. The standard InChI is InChI=1S/C21H25.C13H8Cl2.C13H21.2ClH.Zr/c1-20(2,3)16-7-9-18-14(12-16)11-15-13-17(21(4,5)6)8-10-19(15)18;14-12-5-1-3-10(8-12)7-11-4-2-6-13(15)9-11;1-5-6-7-11-8-9-12(10-11)13(2,3)4;;;/h7-13H,1-6H3;1-6,8-9H;9-11H,5-7H2,1-4H3;2*1H;/q-1;;-1;;;+2/p-2. The van der Waals surface area contributed by atoms with E-state index in [-0.39, 0.29) is 35.6 Å². The smallest absolute Gasteiger partial charge is 1.00 e. The molecular weight excluding hydrogens is 798 g/mol. The van der Waals surface area contributed by atoms with E-state index in [4.69, 9.17) is 23.2 Å². The summed E-state index contributed by atoms with van der Waals surface area (Å²) in [5, 5.41) is 7.00. The second-order valence-electron chi connectivity index (χ2n) is 16.6. The van der Waals surface area contributed by atoms with Gasteiger partial charge in [-0.25, -0.2) is 6.08 Å². The Morgan fingerprint density at radius 2 is 1.13 bits per heavy atom. The van der Waals surface area contributed by atoms with Gasteiger partial charge in [0.1, 0.15) is 0 Å². The molecule has 0 aliphatic heterocycles. The van der Waals surface area contributed by atoms with Crippen LogP contribution in [0.4, 0.5) is 0 Å². The van der Waals surface area contributed by atoms with Crippen LogP contribution in [0.2, 0.25) is 10.0 Å². The quantitative estimate of drug-likeness (QED) is 0.156. The van der Waals surface area contributed by atoms with Crippen molar-refractivity contribution < 1.29 is 49.0 Å². The molecule has 5 aromatic rings. The summed E-state index contributed by atoms with van der Waals surface area (Å²) >= 11 is 13.3. The first kappa shape index (κ1) is 46.3. The van der Waals surface area contributed by atoms with Crippen LogP contribution in [-0.2, 0) is 35.1 Å². The van der Waals surface area contributed by atoms with Crippen molar-refractivity contribution in [3.8, 4) is 0 Å². The van der Waals surface area contributed by atoms with Crippen molar-refractivity contribution in [3.63, 3.8) is 0 Å². The monoisotopic (exact) mass is 848 g/mol. The first-order valence-corrected chi connectivity index (χ1v) is 19.9. The fourth-order valence-electron chi connectivity index (χ4n) is 5.98. The van der Waals surface area contributed by atoms with E-state index in [1.54, 1.807) is 0 Å². The molecule has 5 aromatic carbocycles. The summed E-state index contributed by atoms with van der Waals surface area (Å²) < 4.78 is 1.26. The van der Waals surface area contributed by atoms with Gasteiger partial charge in [-0.15, -0.1) is 39.7 Å². The number of benzene rings is 4. The molecule has 0 heterocycles. The van der Waals surface area contributed by atoms with E-state index in [0.717, 1.165) is 21.2 Å². The first-order chi connectivity index (χ1) is 23.4. The van der Waals surface area contributed by atoms with Gasteiger partial charge in [-0.2, -0.15) is 11.6 Å². The minimum Gasteiger partial charge on any atom is -1.00 e. The van der Waals surface area contributed by atoms with E-state index in [0.29, 0.717) is 11.3 Å². The molecule has 0 aromatic heterocycles. The van der Waals surface area contributed by atoms with E-state index in [1.807, 2.05) is 36.4 Å². The van der Waals surface area contributed by atoms with E-state index >= 15 is 0 Å². The average molecular weight is 852 g/mol. The van der Waals surface area contributed by atoms with Crippen LogP contribution < -0.4 is 24.8 Å². The molecule has 0 fully saturated rings. The van der Waals surface area contributed by atoms with E-state index in [1.165, 1.54) is 84.9 Å². The van der Waals surface area contributed by atoms with Crippen molar-refractivity contribution in [1.82, 2.24) is 0 Å². The number of halogens is 4. The van der Waals surface area contributed by atoms with Gasteiger partial charge in [-0.3, -0.25) is 6.08 Å². The zero-order valence-corrected chi connectivity index (χ0v) is 38.0. The number of allylic oxidation sites excluding steroid dienone is 4. The third-order valence-electron chi connectivity index (χ3n) is 9.23. The van der Waals surface area contributed by atoms with Crippen LogP contribution in [0.5, 0.6) is 0 Å². The van der Waals surface area contributed by atoms with Crippen molar-refractivity contribution in [1.29, 1.82) is 0 Å². The van der Waals surface area contributed by atoms with Gasteiger partial charge in [0.05, 0.1) is 0 Å². The molecule has 0 radical (unpaired) electrons. The number of unbranched alkanes of at least 4 members (excludes halogenated alkanes) is 1. The van der Waals surface area contributed by atoms with E-state index in [9.17, 15) is 0 Å². The second-order valence-corrected chi connectivity index (χ2v) is 18.7. The maximum atomic E-state index is 5.98. The Labute approximate surface area is 352 Å². The normalized spacial score (nSPS) is 14.0. The Hall–Kier alpha value is -1.86. The molecule has 6 rings (SSSR count). The summed E-state index contributed by atoms with van der Waals surface area (Å²) in [4.78, 5) is 0. The Morgan fingerprint density at radius 3 is 1.50 bits per heavy atom. The molecule has 1 aliphatic carbocycles. The molecule has 1 unspecified atom stereocenters. The molecule has 0 nitrogen and oxygen atoms in total. The Balaban J connectivity index is 0.000000273. The summed E-state index contributed by atoms with van der Waals surface area (Å²) in [6, 6.07) is 32.0. The molecule has 52 heavy (non-hydrogen) atoms. The third kappa shape index (κ3) is 12.9. The van der Waals surface area contributed by atoms with Crippen LogP contribution >= 0.6 is 23.2 Å². The molecule has 0 spiro atoms. The van der Waals surface area contributed by atoms with Gasteiger partial charge < -0.3 is 24.8 Å². The topological polar surface area (TPSA) is 0 Å². The van der Waals surface area contributed by atoms with Crippen LogP contribution in [0.1, 0.15) is 111 Å². The fraction of sp³-hybridized carbons (Fsp3) is 0.362. The van der Waals surface area contributed by atoms with Gasteiger partial charge in [0.15, 0.2) is 0 Å². The minimum atomic E-state index is 0. The van der Waals surface area contributed by atoms with Crippen LogP contribution in [0.15, 0.2) is 109 Å². The van der Waals surface area contributed by atoms with Gasteiger partial charge in [-0.1, -0.05) is 135 Å². The molecule has 276 valence electrons. The maximum absolute atomic E-state index is 5.98. The van der Waals surface area contributed by atoms with Gasteiger partial charge in [0, 0.05) is 0 Å². The first-order valence-electron chi connectivity index (χ1n) is 17.9. The largest absolute Gasteiger partial charge is 1.00 e. The molecular formula is C47H54Cl4Zr-2.